The Bertz CT molecular complexity index is 1050. The first-order chi connectivity index (χ1) is 15.7. The van der Waals surface area contributed by atoms with E-state index < -0.39 is 5.69 Å². The molecule has 0 bridgehead atoms. The minimum absolute atomic E-state index is 0.0485. The van der Waals surface area contributed by atoms with E-state index in [9.17, 15) is 14.4 Å². The van der Waals surface area contributed by atoms with Crippen molar-refractivity contribution in [2.45, 2.75) is 13.3 Å². The van der Waals surface area contributed by atoms with E-state index in [4.69, 9.17) is 9.90 Å². The van der Waals surface area contributed by atoms with Crippen molar-refractivity contribution in [3.05, 3.63) is 40.1 Å². The maximum Gasteiger partial charge on any atom is 0.340 e. The van der Waals surface area contributed by atoms with Crippen LogP contribution in [0.3, 0.4) is 0 Å². The Hall–Kier alpha value is -3.61. The van der Waals surface area contributed by atoms with Crippen LogP contribution in [0.1, 0.15) is 22.0 Å². The molecule has 0 saturated carbocycles. The minimum Gasteiger partial charge on any atom is -0.483 e. The van der Waals surface area contributed by atoms with Gasteiger partial charge in [-0.2, -0.15) is 5.10 Å². The highest BCUT2D eigenvalue weighted by atomic mass is 16.3. The second kappa shape index (κ2) is 9.90. The van der Waals surface area contributed by atoms with Crippen LogP contribution in [0.15, 0.2) is 17.2 Å². The van der Waals surface area contributed by atoms with Crippen LogP contribution in [0, 0.1) is 18.3 Å². The number of carboxylic acid groups (broad SMARTS) is 1. The number of aryl methyl sites for hydroxylation is 1. The summed E-state index contributed by atoms with van der Waals surface area (Å²) in [7, 11) is 4.01. The smallest absolute Gasteiger partial charge is 0.340 e. The number of H-pyrrole nitrogens is 2. The second-order valence-corrected chi connectivity index (χ2v) is 8.68. The monoisotopic (exact) mass is 460 g/mol. The van der Waals surface area contributed by atoms with Crippen molar-refractivity contribution in [2.75, 3.05) is 46.8 Å². The topological polar surface area (TPSA) is 168 Å². The van der Waals surface area contributed by atoms with E-state index in [0.717, 1.165) is 6.54 Å². The Morgan fingerprint density at radius 1 is 1.24 bits per heavy atom. The average molecular weight is 460 g/mol. The molecule has 2 aliphatic heterocycles. The number of aromatic nitrogens is 5. The molecule has 4 rings (SSSR count). The number of likely N-dealkylation sites (tertiary alicyclic amines) is 2. The zero-order chi connectivity index (χ0) is 24.2. The number of amides is 2. The lowest BCUT2D eigenvalue weighted by molar-refractivity contribution is -0.130. The molecule has 33 heavy (non-hydrogen) atoms. The first kappa shape index (κ1) is 24.0. The van der Waals surface area contributed by atoms with Gasteiger partial charge in [-0.15, -0.1) is 0 Å². The lowest BCUT2D eigenvalue weighted by Gasteiger charge is -2.32. The molecule has 2 amide bonds. The molecule has 2 aliphatic rings. The quantitative estimate of drug-likeness (QED) is 0.454. The fourth-order valence-electron chi connectivity index (χ4n) is 4.71. The van der Waals surface area contributed by atoms with Gasteiger partial charge in [0.2, 0.25) is 5.91 Å². The number of carbonyl (C=O) groups excluding carboxylic acids is 2. The standard InChI is InChI=1S/C19H26N8O3.CH2O2/c1-12-20-5-13(6-21-12)17(29)27-8-14-7-26(10-19(14,11-27)9-25(2)3)16(28)4-15-22-18(30)24-23-15;2-1-3/h5-6,14H,4,7-11H2,1-3H3,(H2,22,23,24,30);1H,(H,2,3)/t14-,19+;/m0./s1. The number of hydrogen-bond donors (Lipinski definition) is 3. The largest absolute Gasteiger partial charge is 0.483 e. The Labute approximate surface area is 189 Å². The van der Waals surface area contributed by atoms with Gasteiger partial charge in [-0.1, -0.05) is 0 Å². The van der Waals surface area contributed by atoms with Gasteiger partial charge in [0.25, 0.3) is 12.4 Å². The molecular weight excluding hydrogens is 432 g/mol. The van der Waals surface area contributed by atoms with Gasteiger partial charge >= 0.3 is 5.69 Å². The number of nitrogens with one attached hydrogen (secondary N) is 2. The normalized spacial score (nSPS) is 21.5. The molecule has 2 saturated heterocycles. The molecule has 178 valence electrons. The number of hydrogen-bond acceptors (Lipinski definition) is 8. The van der Waals surface area contributed by atoms with Gasteiger partial charge in [-0.3, -0.25) is 19.4 Å². The van der Waals surface area contributed by atoms with Gasteiger partial charge in [-0.25, -0.2) is 19.9 Å². The first-order valence-electron chi connectivity index (χ1n) is 10.4. The van der Waals surface area contributed by atoms with Gasteiger partial charge in [0, 0.05) is 56.5 Å². The van der Waals surface area contributed by atoms with E-state index in [1.54, 1.807) is 19.3 Å². The Morgan fingerprint density at radius 3 is 2.42 bits per heavy atom. The molecule has 0 aromatic carbocycles. The summed E-state index contributed by atoms with van der Waals surface area (Å²) < 4.78 is 0. The minimum atomic E-state index is -0.422. The van der Waals surface area contributed by atoms with Crippen LogP contribution >= 0.6 is 0 Å². The van der Waals surface area contributed by atoms with Crippen LogP contribution in [0.5, 0.6) is 0 Å². The molecule has 4 heterocycles. The van der Waals surface area contributed by atoms with Crippen molar-refractivity contribution >= 4 is 18.3 Å². The van der Waals surface area contributed by atoms with E-state index in [-0.39, 0.29) is 36.0 Å². The van der Waals surface area contributed by atoms with E-state index in [0.29, 0.717) is 43.4 Å². The molecule has 13 nitrogen and oxygen atoms in total. The van der Waals surface area contributed by atoms with Crippen molar-refractivity contribution in [3.8, 4) is 0 Å². The zero-order valence-electron chi connectivity index (χ0n) is 18.8. The summed E-state index contributed by atoms with van der Waals surface area (Å²) in [6, 6.07) is 0. The summed E-state index contributed by atoms with van der Waals surface area (Å²) in [5.41, 5.74) is -0.135. The molecule has 0 radical (unpaired) electrons. The van der Waals surface area contributed by atoms with Crippen LogP contribution in [0.2, 0.25) is 0 Å². The second-order valence-electron chi connectivity index (χ2n) is 8.68. The molecule has 2 aromatic heterocycles. The summed E-state index contributed by atoms with van der Waals surface area (Å²) in [6.07, 6.45) is 3.18. The molecule has 0 aliphatic carbocycles. The number of carbonyl (C=O) groups is 3. The molecule has 13 heteroatoms. The summed E-state index contributed by atoms with van der Waals surface area (Å²) in [4.78, 5) is 61.9. The number of nitrogens with zero attached hydrogens (tertiary/aromatic N) is 6. The Kier molecular flexibility index (Phi) is 7.21. The molecule has 0 unspecified atom stereocenters. The summed E-state index contributed by atoms with van der Waals surface area (Å²) in [6.45, 7) is 4.61. The molecule has 3 N–H and O–H groups in total. The average Bonchev–Trinajstić information content (AvgIpc) is 3.40. The molecule has 2 atom stereocenters. The summed E-state index contributed by atoms with van der Waals surface area (Å²) in [5.74, 6) is 0.989. The zero-order valence-corrected chi connectivity index (χ0v) is 18.8. The SMILES string of the molecule is Cc1ncc(C(=O)N2C[C@@H]3CN(C(=O)Cc4n[nH]c(=O)[nH]4)C[C@]3(CN(C)C)C2)cn1.O=CO. The Balaban J connectivity index is 0.000000968. The first-order valence-corrected chi connectivity index (χ1v) is 10.4. The number of fused-ring (bicyclic) bond motifs is 1. The third-order valence-corrected chi connectivity index (χ3v) is 5.93. The highest BCUT2D eigenvalue weighted by Gasteiger charge is 2.54. The van der Waals surface area contributed by atoms with Gasteiger partial charge in [0.15, 0.2) is 0 Å². The molecule has 2 aromatic rings. The number of rotatable bonds is 5. The molecule has 2 fully saturated rings. The van der Waals surface area contributed by atoms with Gasteiger partial charge < -0.3 is 19.8 Å². The van der Waals surface area contributed by atoms with Crippen LogP contribution in [0.4, 0.5) is 0 Å². The van der Waals surface area contributed by atoms with Gasteiger partial charge in [0.1, 0.15) is 11.6 Å². The van der Waals surface area contributed by atoms with E-state index in [2.05, 4.69) is 30.0 Å². The van der Waals surface area contributed by atoms with Crippen LogP contribution in [-0.4, -0.2) is 110 Å². The lowest BCUT2D eigenvalue weighted by atomic mass is 9.80. The predicted octanol–water partition coefficient (Wildman–Crippen LogP) is -1.40. The summed E-state index contributed by atoms with van der Waals surface area (Å²) >= 11 is 0. The van der Waals surface area contributed by atoms with E-state index in [1.165, 1.54) is 0 Å². The highest BCUT2D eigenvalue weighted by molar-refractivity contribution is 5.94. The maximum atomic E-state index is 13.0. The van der Waals surface area contributed by atoms with Crippen LogP contribution < -0.4 is 5.69 Å². The van der Waals surface area contributed by atoms with Crippen LogP contribution in [0.25, 0.3) is 0 Å². The highest BCUT2D eigenvalue weighted by Crippen LogP contribution is 2.43. The predicted molar refractivity (Wildman–Crippen MR) is 115 cm³/mol. The van der Waals surface area contributed by atoms with Gasteiger partial charge in [-0.05, 0) is 21.0 Å². The lowest BCUT2D eigenvalue weighted by Crippen LogP contribution is -2.44. The molecular formula is C20H28N8O5. The molecule has 0 spiro atoms. The third kappa shape index (κ3) is 5.42. The maximum absolute atomic E-state index is 13.0. The van der Waals surface area contributed by atoms with Crippen molar-refractivity contribution < 1.29 is 19.5 Å². The summed E-state index contributed by atoms with van der Waals surface area (Å²) in [5, 5.41) is 13.0. The fourth-order valence-corrected chi connectivity index (χ4v) is 4.71. The van der Waals surface area contributed by atoms with Crippen molar-refractivity contribution in [3.63, 3.8) is 0 Å². The Morgan fingerprint density at radius 2 is 1.85 bits per heavy atom. The van der Waals surface area contributed by atoms with E-state index >= 15 is 0 Å². The van der Waals surface area contributed by atoms with Crippen molar-refractivity contribution in [1.29, 1.82) is 0 Å². The van der Waals surface area contributed by atoms with Crippen LogP contribution in [-0.2, 0) is 16.0 Å². The van der Waals surface area contributed by atoms with E-state index in [1.807, 2.05) is 23.9 Å². The third-order valence-electron chi connectivity index (χ3n) is 5.93. The van der Waals surface area contributed by atoms with Crippen molar-refractivity contribution in [2.24, 2.45) is 11.3 Å². The fraction of sp³-hybridized carbons (Fsp3) is 0.550. The van der Waals surface area contributed by atoms with Crippen molar-refractivity contribution in [1.82, 2.24) is 39.8 Å². The van der Waals surface area contributed by atoms with Gasteiger partial charge in [0.05, 0.1) is 12.0 Å². The number of aromatic amines is 2.